The second-order valence-corrected chi connectivity index (χ2v) is 10.4. The third-order valence-electron chi connectivity index (χ3n) is 7.74. The predicted molar refractivity (Wildman–Crippen MR) is 128 cm³/mol. The molecule has 1 atom stereocenters. The zero-order chi connectivity index (χ0) is 23.4. The van der Waals surface area contributed by atoms with Crippen LogP contribution in [0.4, 0.5) is 0 Å². The Balaban J connectivity index is 1.50. The molecule has 2 fully saturated rings. The van der Waals surface area contributed by atoms with Crippen LogP contribution in [0.15, 0.2) is 42.6 Å². The fourth-order valence-electron chi connectivity index (χ4n) is 6.41. The number of aromatic nitrogens is 1. The van der Waals surface area contributed by atoms with Crippen LogP contribution < -0.4 is 4.74 Å². The van der Waals surface area contributed by atoms with Crippen LogP contribution >= 0.6 is 0 Å². The summed E-state index contributed by atoms with van der Waals surface area (Å²) < 4.78 is 5.79. The molecule has 0 bridgehead atoms. The topological polar surface area (TPSA) is 85.8 Å². The largest absolute Gasteiger partial charge is 0.496 e. The molecule has 2 aromatic carbocycles. The number of carbonyl (C=O) groups is 1. The van der Waals surface area contributed by atoms with Crippen LogP contribution in [-0.4, -0.2) is 45.3 Å². The molecule has 3 aromatic rings. The van der Waals surface area contributed by atoms with E-state index in [2.05, 4.69) is 28.9 Å². The van der Waals surface area contributed by atoms with Gasteiger partial charge in [0.05, 0.1) is 18.3 Å². The standard InChI is InChI=1S/C27H32N2O4/c1-17-12-23(33-3)21(20-8-10-28-24(17)20)14-29-11-9-27(15-26(2,32)16-27)13-22(29)18-4-6-19(7-5-18)25(30)31/h4-8,10,12,22,28,32H,9,11,13-16H2,1-3H3,(H,30,31). The monoisotopic (exact) mass is 448 g/mol. The van der Waals surface area contributed by atoms with Crippen LogP contribution in [0, 0.1) is 12.3 Å². The molecular formula is C27H32N2O4. The molecule has 1 saturated heterocycles. The van der Waals surface area contributed by atoms with E-state index in [1.54, 1.807) is 19.2 Å². The Hall–Kier alpha value is -2.83. The molecule has 1 aliphatic carbocycles. The van der Waals surface area contributed by atoms with Crippen LogP contribution in [-0.2, 0) is 6.54 Å². The Morgan fingerprint density at radius 1 is 1.24 bits per heavy atom. The number of hydrogen-bond donors (Lipinski definition) is 3. The molecule has 2 heterocycles. The van der Waals surface area contributed by atoms with Crippen molar-refractivity contribution in [2.45, 2.75) is 57.7 Å². The average Bonchev–Trinajstić information content (AvgIpc) is 3.26. The molecule has 1 saturated carbocycles. The number of piperidine rings is 1. The first kappa shape index (κ1) is 22.0. The number of ether oxygens (including phenoxy) is 1. The lowest BCUT2D eigenvalue weighted by Crippen LogP contribution is -2.55. The summed E-state index contributed by atoms with van der Waals surface area (Å²) in [6.45, 7) is 5.69. The predicted octanol–water partition coefficient (Wildman–Crippen LogP) is 5.05. The summed E-state index contributed by atoms with van der Waals surface area (Å²) in [5, 5.41) is 21.0. The van der Waals surface area contributed by atoms with Crippen molar-refractivity contribution < 1.29 is 19.7 Å². The van der Waals surface area contributed by atoms with E-state index < -0.39 is 11.6 Å². The van der Waals surface area contributed by atoms with Gasteiger partial charge in [0.2, 0.25) is 0 Å². The molecule has 1 aromatic heterocycles. The van der Waals surface area contributed by atoms with E-state index in [-0.39, 0.29) is 11.5 Å². The normalized spacial score (nSPS) is 27.6. The Labute approximate surface area is 194 Å². The molecule has 6 nitrogen and oxygen atoms in total. The van der Waals surface area contributed by atoms with Gasteiger partial charge in [0, 0.05) is 35.2 Å². The number of methoxy groups -OCH3 is 1. The highest BCUT2D eigenvalue weighted by molar-refractivity contribution is 5.88. The van der Waals surface area contributed by atoms with Gasteiger partial charge in [-0.15, -0.1) is 0 Å². The highest BCUT2D eigenvalue weighted by atomic mass is 16.5. The third kappa shape index (κ3) is 3.91. The van der Waals surface area contributed by atoms with E-state index in [0.29, 0.717) is 5.56 Å². The first-order valence-electron chi connectivity index (χ1n) is 11.6. The summed E-state index contributed by atoms with van der Waals surface area (Å²) >= 11 is 0. The number of aromatic carboxylic acids is 1. The molecule has 5 rings (SSSR count). The number of fused-ring (bicyclic) bond motifs is 1. The van der Waals surface area contributed by atoms with Gasteiger partial charge >= 0.3 is 5.97 Å². The molecule has 3 N–H and O–H groups in total. The highest BCUT2D eigenvalue weighted by Crippen LogP contribution is 2.58. The summed E-state index contributed by atoms with van der Waals surface area (Å²) in [5.41, 5.74) is 4.47. The summed E-state index contributed by atoms with van der Waals surface area (Å²) in [4.78, 5) is 17.2. The molecule has 6 heteroatoms. The van der Waals surface area contributed by atoms with Crippen LogP contribution in [0.2, 0.25) is 0 Å². The Kier molecular flexibility index (Phi) is 5.26. The van der Waals surface area contributed by atoms with Crippen LogP contribution in [0.5, 0.6) is 5.75 Å². The van der Waals surface area contributed by atoms with Crippen LogP contribution in [0.3, 0.4) is 0 Å². The maximum atomic E-state index is 11.4. The molecule has 1 aliphatic heterocycles. The number of hydrogen-bond acceptors (Lipinski definition) is 4. The highest BCUT2D eigenvalue weighted by Gasteiger charge is 2.54. The number of rotatable bonds is 5. The minimum atomic E-state index is -0.909. The lowest BCUT2D eigenvalue weighted by molar-refractivity contribution is -0.148. The van der Waals surface area contributed by atoms with Crippen molar-refractivity contribution in [3.63, 3.8) is 0 Å². The molecule has 174 valence electrons. The lowest BCUT2D eigenvalue weighted by atomic mass is 9.54. The van der Waals surface area contributed by atoms with Gasteiger partial charge in [-0.3, -0.25) is 4.90 Å². The summed E-state index contributed by atoms with van der Waals surface area (Å²) in [6.07, 6.45) is 5.64. The van der Waals surface area contributed by atoms with Gasteiger partial charge in [-0.1, -0.05) is 12.1 Å². The average molecular weight is 449 g/mol. The smallest absolute Gasteiger partial charge is 0.335 e. The van der Waals surface area contributed by atoms with E-state index in [0.717, 1.165) is 61.2 Å². The van der Waals surface area contributed by atoms with Crippen molar-refractivity contribution in [1.29, 1.82) is 0 Å². The summed E-state index contributed by atoms with van der Waals surface area (Å²) in [6, 6.07) is 11.7. The van der Waals surface area contributed by atoms with Crippen LogP contribution in [0.25, 0.3) is 10.9 Å². The van der Waals surface area contributed by atoms with Gasteiger partial charge in [-0.05, 0) is 86.9 Å². The van der Waals surface area contributed by atoms with Gasteiger partial charge < -0.3 is 19.9 Å². The quantitative estimate of drug-likeness (QED) is 0.508. The maximum Gasteiger partial charge on any atom is 0.335 e. The van der Waals surface area contributed by atoms with Crippen molar-refractivity contribution in [2.75, 3.05) is 13.7 Å². The van der Waals surface area contributed by atoms with Crippen molar-refractivity contribution in [3.05, 3.63) is 64.8 Å². The van der Waals surface area contributed by atoms with Crippen molar-refractivity contribution in [1.82, 2.24) is 9.88 Å². The zero-order valence-corrected chi connectivity index (χ0v) is 19.5. The van der Waals surface area contributed by atoms with E-state index in [1.165, 1.54) is 10.9 Å². The SMILES string of the molecule is COc1cc(C)c2[nH]ccc2c1CN1CCC2(CC1c1ccc(C(=O)O)cc1)CC(C)(O)C2. The number of carboxylic acids is 1. The van der Waals surface area contributed by atoms with Gasteiger partial charge in [0.25, 0.3) is 0 Å². The summed E-state index contributed by atoms with van der Waals surface area (Å²) in [5.74, 6) is -0.0146. The van der Waals surface area contributed by atoms with E-state index in [9.17, 15) is 15.0 Å². The molecule has 1 spiro atoms. The zero-order valence-electron chi connectivity index (χ0n) is 19.5. The van der Waals surface area contributed by atoms with Gasteiger partial charge in [0.15, 0.2) is 0 Å². The molecular weight excluding hydrogens is 416 g/mol. The Morgan fingerprint density at radius 2 is 1.97 bits per heavy atom. The number of aryl methyl sites for hydroxylation is 1. The number of aromatic amines is 1. The first-order chi connectivity index (χ1) is 15.7. The van der Waals surface area contributed by atoms with Gasteiger partial charge in [-0.25, -0.2) is 4.79 Å². The number of likely N-dealkylation sites (tertiary alicyclic amines) is 1. The number of H-pyrrole nitrogens is 1. The molecule has 1 unspecified atom stereocenters. The number of benzene rings is 2. The van der Waals surface area contributed by atoms with Crippen LogP contribution in [0.1, 0.15) is 65.7 Å². The molecule has 33 heavy (non-hydrogen) atoms. The fraction of sp³-hybridized carbons (Fsp3) is 0.444. The maximum absolute atomic E-state index is 11.4. The Morgan fingerprint density at radius 3 is 2.61 bits per heavy atom. The third-order valence-corrected chi connectivity index (χ3v) is 7.74. The number of carboxylic acid groups (broad SMARTS) is 1. The lowest BCUT2D eigenvalue weighted by Gasteiger charge is -2.58. The molecule has 2 aliphatic rings. The number of aliphatic hydroxyl groups is 1. The molecule has 0 amide bonds. The second-order valence-electron chi connectivity index (χ2n) is 10.4. The molecule has 0 radical (unpaired) electrons. The van der Waals surface area contributed by atoms with E-state index >= 15 is 0 Å². The van der Waals surface area contributed by atoms with Crippen molar-refractivity contribution >= 4 is 16.9 Å². The van der Waals surface area contributed by atoms with Gasteiger partial charge in [-0.2, -0.15) is 0 Å². The Bertz CT molecular complexity index is 1190. The van der Waals surface area contributed by atoms with Crippen molar-refractivity contribution in [3.8, 4) is 5.75 Å². The minimum absolute atomic E-state index is 0.150. The number of nitrogens with zero attached hydrogens (tertiary/aromatic N) is 1. The van der Waals surface area contributed by atoms with E-state index in [1.807, 2.05) is 25.3 Å². The van der Waals surface area contributed by atoms with E-state index in [4.69, 9.17) is 4.74 Å². The fourth-order valence-corrected chi connectivity index (χ4v) is 6.41. The second kappa shape index (κ2) is 7.89. The number of nitrogens with one attached hydrogen (secondary N) is 1. The van der Waals surface area contributed by atoms with Gasteiger partial charge in [0.1, 0.15) is 5.75 Å². The summed E-state index contributed by atoms with van der Waals surface area (Å²) in [7, 11) is 1.72. The first-order valence-corrected chi connectivity index (χ1v) is 11.6. The minimum Gasteiger partial charge on any atom is -0.496 e. The van der Waals surface area contributed by atoms with Crippen molar-refractivity contribution in [2.24, 2.45) is 5.41 Å².